The van der Waals surface area contributed by atoms with Crippen LogP contribution in [0.5, 0.6) is 0 Å². The van der Waals surface area contributed by atoms with E-state index in [4.69, 9.17) is 0 Å². The molecule has 0 radical (unpaired) electrons. The molecular weight excluding hydrogens is 252 g/mol. The lowest BCUT2D eigenvalue weighted by molar-refractivity contribution is 0.359. The SMILES string of the molecule is CC(C)(C)c1cccc2c1C(C(C)(C)C)c1ccccc1-2. The number of rotatable bonds is 0. The Morgan fingerprint density at radius 3 is 1.95 bits per heavy atom. The molecule has 0 spiro atoms. The van der Waals surface area contributed by atoms with Crippen molar-refractivity contribution < 1.29 is 0 Å². The molecular formula is C21H26. The van der Waals surface area contributed by atoms with E-state index in [1.54, 1.807) is 5.56 Å². The Labute approximate surface area is 129 Å². The van der Waals surface area contributed by atoms with E-state index in [9.17, 15) is 0 Å². The van der Waals surface area contributed by atoms with Crippen LogP contribution in [0.15, 0.2) is 42.5 Å². The first kappa shape index (κ1) is 14.4. The summed E-state index contributed by atoms with van der Waals surface area (Å²) in [6.45, 7) is 14.1. The lowest BCUT2D eigenvalue weighted by atomic mass is 9.71. The molecule has 0 heterocycles. The summed E-state index contributed by atoms with van der Waals surface area (Å²) in [5.74, 6) is 0.485. The van der Waals surface area contributed by atoms with Crippen molar-refractivity contribution in [3.63, 3.8) is 0 Å². The average Bonchev–Trinajstić information content (AvgIpc) is 2.71. The summed E-state index contributed by atoms with van der Waals surface area (Å²) in [4.78, 5) is 0. The predicted octanol–water partition coefficient (Wildman–Crippen LogP) is 6.14. The quantitative estimate of drug-likeness (QED) is 0.542. The maximum Gasteiger partial charge on any atom is 0.0153 e. The smallest absolute Gasteiger partial charge is 0.0153 e. The first-order valence-corrected chi connectivity index (χ1v) is 7.94. The number of hydrogen-bond donors (Lipinski definition) is 0. The lowest BCUT2D eigenvalue weighted by Crippen LogP contribution is -2.22. The largest absolute Gasteiger partial charge is 0.0619 e. The van der Waals surface area contributed by atoms with Gasteiger partial charge in [-0.05, 0) is 38.6 Å². The summed E-state index contributed by atoms with van der Waals surface area (Å²) < 4.78 is 0. The highest BCUT2D eigenvalue weighted by Crippen LogP contribution is 2.54. The number of hydrogen-bond acceptors (Lipinski definition) is 0. The fourth-order valence-electron chi connectivity index (χ4n) is 3.81. The Balaban J connectivity index is 2.37. The van der Waals surface area contributed by atoms with Crippen LogP contribution in [0.4, 0.5) is 0 Å². The van der Waals surface area contributed by atoms with Crippen molar-refractivity contribution in [2.75, 3.05) is 0 Å². The van der Waals surface area contributed by atoms with Crippen molar-refractivity contribution >= 4 is 0 Å². The van der Waals surface area contributed by atoms with E-state index >= 15 is 0 Å². The van der Waals surface area contributed by atoms with Gasteiger partial charge in [-0.3, -0.25) is 0 Å². The standard InChI is InChI=1S/C21H26/c1-20(2,3)17-13-9-12-15-14-10-7-8-11-16(14)19(18(15)17)21(4,5)6/h7-13,19H,1-6H3. The molecule has 0 aromatic heterocycles. The molecule has 21 heavy (non-hydrogen) atoms. The van der Waals surface area contributed by atoms with Gasteiger partial charge in [-0.1, -0.05) is 84.0 Å². The molecule has 0 N–H and O–H groups in total. The average molecular weight is 278 g/mol. The second kappa shape index (κ2) is 4.47. The zero-order valence-corrected chi connectivity index (χ0v) is 14.1. The van der Waals surface area contributed by atoms with Gasteiger partial charge in [-0.25, -0.2) is 0 Å². The van der Waals surface area contributed by atoms with Gasteiger partial charge in [0.1, 0.15) is 0 Å². The first-order chi connectivity index (χ1) is 9.71. The summed E-state index contributed by atoms with van der Waals surface area (Å²) in [5, 5.41) is 0. The molecule has 0 fully saturated rings. The normalized spacial score (nSPS) is 17.5. The highest BCUT2D eigenvalue weighted by Gasteiger charge is 2.39. The van der Waals surface area contributed by atoms with Crippen molar-refractivity contribution in [2.45, 2.75) is 52.9 Å². The summed E-state index contributed by atoms with van der Waals surface area (Å²) in [6.07, 6.45) is 0. The minimum atomic E-state index is 0.177. The fraction of sp³-hybridized carbons (Fsp3) is 0.429. The fourth-order valence-corrected chi connectivity index (χ4v) is 3.81. The molecule has 1 aliphatic rings. The molecule has 0 bridgehead atoms. The summed E-state index contributed by atoms with van der Waals surface area (Å²) in [6, 6.07) is 15.8. The molecule has 2 aromatic carbocycles. The van der Waals surface area contributed by atoms with E-state index in [0.717, 1.165) is 0 Å². The van der Waals surface area contributed by atoms with E-state index < -0.39 is 0 Å². The maximum absolute atomic E-state index is 2.36. The van der Waals surface area contributed by atoms with Gasteiger partial charge in [-0.2, -0.15) is 0 Å². The Morgan fingerprint density at radius 2 is 1.33 bits per heavy atom. The molecule has 1 unspecified atom stereocenters. The van der Waals surface area contributed by atoms with Gasteiger partial charge < -0.3 is 0 Å². The molecule has 0 nitrogen and oxygen atoms in total. The second-order valence-corrected chi connectivity index (χ2v) is 8.40. The number of fused-ring (bicyclic) bond motifs is 3. The van der Waals surface area contributed by atoms with Crippen LogP contribution in [-0.2, 0) is 5.41 Å². The van der Waals surface area contributed by atoms with Gasteiger partial charge in [0.05, 0.1) is 0 Å². The van der Waals surface area contributed by atoms with E-state index in [1.165, 1.54) is 22.3 Å². The molecule has 3 rings (SSSR count). The third kappa shape index (κ3) is 2.21. The third-order valence-corrected chi connectivity index (χ3v) is 4.63. The van der Waals surface area contributed by atoms with Crippen LogP contribution >= 0.6 is 0 Å². The molecule has 1 atom stereocenters. The highest BCUT2D eigenvalue weighted by atomic mass is 14.4. The molecule has 110 valence electrons. The molecule has 0 saturated heterocycles. The van der Waals surface area contributed by atoms with Crippen LogP contribution in [0, 0.1) is 5.41 Å². The zero-order valence-electron chi connectivity index (χ0n) is 14.1. The Morgan fingerprint density at radius 1 is 0.714 bits per heavy atom. The molecule has 0 aliphatic heterocycles. The Bertz CT molecular complexity index is 678. The van der Waals surface area contributed by atoms with E-state index in [1.807, 2.05) is 0 Å². The van der Waals surface area contributed by atoms with Crippen LogP contribution in [0.2, 0.25) is 0 Å². The minimum absolute atomic E-state index is 0.177. The maximum atomic E-state index is 2.36. The summed E-state index contributed by atoms with van der Waals surface area (Å²) >= 11 is 0. The predicted molar refractivity (Wildman–Crippen MR) is 91.9 cm³/mol. The van der Waals surface area contributed by atoms with Crippen LogP contribution in [0.3, 0.4) is 0 Å². The molecule has 0 heteroatoms. The first-order valence-electron chi connectivity index (χ1n) is 7.94. The number of benzene rings is 2. The molecule has 0 saturated carbocycles. The van der Waals surface area contributed by atoms with Crippen molar-refractivity contribution in [2.24, 2.45) is 5.41 Å². The van der Waals surface area contributed by atoms with Crippen molar-refractivity contribution in [1.29, 1.82) is 0 Å². The third-order valence-electron chi connectivity index (χ3n) is 4.63. The van der Waals surface area contributed by atoms with Crippen LogP contribution in [0.1, 0.15) is 64.2 Å². The summed E-state index contributed by atoms with van der Waals surface area (Å²) in [5.41, 5.74) is 7.82. The van der Waals surface area contributed by atoms with Crippen molar-refractivity contribution in [1.82, 2.24) is 0 Å². The topological polar surface area (TPSA) is 0 Å². The van der Waals surface area contributed by atoms with E-state index in [2.05, 4.69) is 84.0 Å². The van der Waals surface area contributed by atoms with Gasteiger partial charge in [0.25, 0.3) is 0 Å². The van der Waals surface area contributed by atoms with Gasteiger partial charge in [0, 0.05) is 5.92 Å². The lowest BCUT2D eigenvalue weighted by Gasteiger charge is -2.33. The van der Waals surface area contributed by atoms with E-state index in [0.29, 0.717) is 5.92 Å². The molecule has 0 amide bonds. The van der Waals surface area contributed by atoms with Gasteiger partial charge in [0.15, 0.2) is 0 Å². The Kier molecular flexibility index (Phi) is 3.06. The highest BCUT2D eigenvalue weighted by molar-refractivity contribution is 5.80. The second-order valence-electron chi connectivity index (χ2n) is 8.40. The van der Waals surface area contributed by atoms with Crippen LogP contribution < -0.4 is 0 Å². The van der Waals surface area contributed by atoms with Crippen molar-refractivity contribution in [3.05, 3.63) is 59.2 Å². The summed E-state index contributed by atoms with van der Waals surface area (Å²) in [7, 11) is 0. The van der Waals surface area contributed by atoms with Crippen LogP contribution in [0.25, 0.3) is 11.1 Å². The monoisotopic (exact) mass is 278 g/mol. The van der Waals surface area contributed by atoms with Gasteiger partial charge >= 0.3 is 0 Å². The van der Waals surface area contributed by atoms with E-state index in [-0.39, 0.29) is 10.8 Å². The molecule has 1 aliphatic carbocycles. The molecule has 2 aromatic rings. The minimum Gasteiger partial charge on any atom is -0.0619 e. The zero-order chi connectivity index (χ0) is 15.4. The van der Waals surface area contributed by atoms with Gasteiger partial charge in [-0.15, -0.1) is 0 Å². The van der Waals surface area contributed by atoms with Crippen molar-refractivity contribution in [3.8, 4) is 11.1 Å². The van der Waals surface area contributed by atoms with Gasteiger partial charge in [0.2, 0.25) is 0 Å². The Hall–Kier alpha value is -1.56. The van der Waals surface area contributed by atoms with Crippen LogP contribution in [-0.4, -0.2) is 0 Å².